The van der Waals surface area contributed by atoms with E-state index < -0.39 is 46.2 Å². The van der Waals surface area contributed by atoms with Gasteiger partial charge in [-0.2, -0.15) is 4.39 Å². The minimum Gasteiger partial charge on any atom is -0.477 e. The van der Waals surface area contributed by atoms with Gasteiger partial charge in [0.1, 0.15) is 17.1 Å². The van der Waals surface area contributed by atoms with Crippen LogP contribution >= 0.6 is 15.9 Å². The van der Waals surface area contributed by atoms with E-state index in [4.69, 9.17) is 15.6 Å². The highest BCUT2D eigenvalue weighted by molar-refractivity contribution is 9.10. The van der Waals surface area contributed by atoms with Crippen molar-refractivity contribution >= 4 is 27.6 Å². The lowest BCUT2D eigenvalue weighted by Gasteiger charge is -2.12. The molecule has 0 saturated carbocycles. The van der Waals surface area contributed by atoms with Gasteiger partial charge >= 0.3 is 5.97 Å². The number of halogens is 4. The molecule has 0 bridgehead atoms. The van der Waals surface area contributed by atoms with Gasteiger partial charge in [0.2, 0.25) is 5.82 Å². The number of benzene rings is 2. The fraction of sp³-hybridized carbons (Fsp3) is 0. The van der Waals surface area contributed by atoms with Crippen LogP contribution < -0.4 is 10.5 Å². The van der Waals surface area contributed by atoms with Crippen molar-refractivity contribution in [1.29, 1.82) is 0 Å². The van der Waals surface area contributed by atoms with Gasteiger partial charge in [0.15, 0.2) is 11.6 Å². The number of hydrogen-bond donors (Lipinski definition) is 2. The Labute approximate surface area is 125 Å². The van der Waals surface area contributed by atoms with Crippen LogP contribution in [0.2, 0.25) is 0 Å². The molecule has 21 heavy (non-hydrogen) atoms. The lowest BCUT2D eigenvalue weighted by Crippen LogP contribution is -2.07. The zero-order valence-corrected chi connectivity index (χ0v) is 11.7. The maximum atomic E-state index is 13.6. The Kier molecular flexibility index (Phi) is 4.08. The van der Waals surface area contributed by atoms with Crippen LogP contribution in [0.5, 0.6) is 11.5 Å². The van der Waals surface area contributed by atoms with Gasteiger partial charge in [0, 0.05) is 4.47 Å². The van der Waals surface area contributed by atoms with Crippen LogP contribution in [0.3, 0.4) is 0 Å². The molecule has 0 aromatic heterocycles. The molecule has 0 aliphatic rings. The van der Waals surface area contributed by atoms with Crippen LogP contribution in [-0.2, 0) is 0 Å². The standard InChI is InChI=1S/C13H7BrF3NO3/c14-5-3-7(16)11(17)9(4-5)21-8-2-1-6(15)12(18)10(8)13(19)20/h1-4H,18H2,(H,19,20). The smallest absolute Gasteiger partial charge is 0.341 e. The Morgan fingerprint density at radius 3 is 2.43 bits per heavy atom. The van der Waals surface area contributed by atoms with Gasteiger partial charge in [-0.3, -0.25) is 0 Å². The van der Waals surface area contributed by atoms with E-state index in [2.05, 4.69) is 15.9 Å². The molecule has 4 nitrogen and oxygen atoms in total. The van der Waals surface area contributed by atoms with E-state index in [0.717, 1.165) is 24.3 Å². The summed E-state index contributed by atoms with van der Waals surface area (Å²) in [7, 11) is 0. The molecule has 0 atom stereocenters. The molecule has 2 rings (SSSR count). The third kappa shape index (κ3) is 2.94. The summed E-state index contributed by atoms with van der Waals surface area (Å²) in [6, 6.07) is 3.81. The van der Waals surface area contributed by atoms with Crippen LogP contribution in [0.25, 0.3) is 0 Å². The summed E-state index contributed by atoms with van der Waals surface area (Å²) in [6.45, 7) is 0. The molecule has 8 heteroatoms. The number of ether oxygens (including phenoxy) is 1. The van der Waals surface area contributed by atoms with Gasteiger partial charge in [0.05, 0.1) is 5.69 Å². The zero-order valence-electron chi connectivity index (χ0n) is 10.2. The summed E-state index contributed by atoms with van der Waals surface area (Å²) < 4.78 is 45.4. The third-order valence-electron chi connectivity index (χ3n) is 2.55. The molecule has 110 valence electrons. The van der Waals surface area contributed by atoms with Crippen LogP contribution in [0, 0.1) is 17.5 Å². The van der Waals surface area contributed by atoms with Gasteiger partial charge in [0.25, 0.3) is 0 Å². The monoisotopic (exact) mass is 361 g/mol. The minimum absolute atomic E-state index is 0.184. The Bertz CT molecular complexity index is 737. The van der Waals surface area contributed by atoms with Gasteiger partial charge < -0.3 is 15.6 Å². The van der Waals surface area contributed by atoms with E-state index in [1.54, 1.807) is 0 Å². The topological polar surface area (TPSA) is 72.5 Å². The second-order valence-corrected chi connectivity index (χ2v) is 4.86. The predicted octanol–water partition coefficient (Wildman–Crippen LogP) is 3.94. The van der Waals surface area contributed by atoms with Gasteiger partial charge in [-0.25, -0.2) is 13.6 Å². The molecule has 0 fully saturated rings. The first-order valence-electron chi connectivity index (χ1n) is 5.45. The number of nitrogen functional groups attached to an aromatic ring is 1. The molecular weight excluding hydrogens is 355 g/mol. The van der Waals surface area contributed by atoms with Crippen molar-refractivity contribution in [3.63, 3.8) is 0 Å². The van der Waals surface area contributed by atoms with Crippen molar-refractivity contribution in [2.24, 2.45) is 0 Å². The summed E-state index contributed by atoms with van der Waals surface area (Å²) >= 11 is 2.95. The first-order chi connectivity index (χ1) is 9.81. The van der Waals surface area contributed by atoms with E-state index >= 15 is 0 Å². The number of rotatable bonds is 3. The van der Waals surface area contributed by atoms with Crippen molar-refractivity contribution in [1.82, 2.24) is 0 Å². The Morgan fingerprint density at radius 2 is 1.81 bits per heavy atom. The largest absolute Gasteiger partial charge is 0.477 e. The van der Waals surface area contributed by atoms with Crippen LogP contribution in [0.4, 0.5) is 18.9 Å². The lowest BCUT2D eigenvalue weighted by molar-refractivity contribution is 0.0694. The number of carboxylic acids is 1. The van der Waals surface area contributed by atoms with E-state index in [1.165, 1.54) is 0 Å². The number of carbonyl (C=O) groups is 1. The molecule has 0 radical (unpaired) electrons. The molecule has 0 amide bonds. The van der Waals surface area contributed by atoms with Crippen molar-refractivity contribution in [2.45, 2.75) is 0 Å². The Hall–Kier alpha value is -2.22. The van der Waals surface area contributed by atoms with Crippen molar-refractivity contribution in [2.75, 3.05) is 5.73 Å². The average Bonchev–Trinajstić information content (AvgIpc) is 2.39. The summed E-state index contributed by atoms with van der Waals surface area (Å²) in [4.78, 5) is 11.1. The van der Waals surface area contributed by atoms with Crippen molar-refractivity contribution in [3.8, 4) is 11.5 Å². The number of nitrogens with two attached hydrogens (primary N) is 1. The molecule has 0 saturated heterocycles. The first-order valence-corrected chi connectivity index (χ1v) is 6.24. The van der Waals surface area contributed by atoms with E-state index in [1.807, 2.05) is 0 Å². The Balaban J connectivity index is 2.55. The zero-order chi connectivity index (χ0) is 15.7. The maximum Gasteiger partial charge on any atom is 0.341 e. The molecular formula is C13H7BrF3NO3. The van der Waals surface area contributed by atoms with Crippen molar-refractivity contribution in [3.05, 3.63) is 51.8 Å². The van der Waals surface area contributed by atoms with Gasteiger partial charge in [-0.05, 0) is 24.3 Å². The molecule has 2 aromatic carbocycles. The second-order valence-electron chi connectivity index (χ2n) is 3.94. The fourth-order valence-corrected chi connectivity index (χ4v) is 2.01. The quantitative estimate of drug-likeness (QED) is 0.641. The number of anilines is 1. The molecule has 0 unspecified atom stereocenters. The van der Waals surface area contributed by atoms with Crippen LogP contribution in [0.15, 0.2) is 28.7 Å². The first kappa shape index (κ1) is 15.2. The fourth-order valence-electron chi connectivity index (χ4n) is 1.60. The third-order valence-corrected chi connectivity index (χ3v) is 3.01. The predicted molar refractivity (Wildman–Crippen MR) is 71.9 cm³/mol. The van der Waals surface area contributed by atoms with Crippen molar-refractivity contribution < 1.29 is 27.8 Å². The van der Waals surface area contributed by atoms with Crippen LogP contribution in [-0.4, -0.2) is 11.1 Å². The molecule has 0 spiro atoms. The average molecular weight is 362 g/mol. The van der Waals surface area contributed by atoms with E-state index in [0.29, 0.717) is 0 Å². The van der Waals surface area contributed by atoms with Gasteiger partial charge in [-0.1, -0.05) is 15.9 Å². The highest BCUT2D eigenvalue weighted by Crippen LogP contribution is 2.34. The molecule has 0 aliphatic heterocycles. The van der Waals surface area contributed by atoms with E-state index in [9.17, 15) is 18.0 Å². The maximum absolute atomic E-state index is 13.6. The van der Waals surface area contributed by atoms with E-state index in [-0.39, 0.29) is 4.47 Å². The number of hydrogen-bond acceptors (Lipinski definition) is 3. The molecule has 0 heterocycles. The lowest BCUT2D eigenvalue weighted by atomic mass is 10.1. The highest BCUT2D eigenvalue weighted by Gasteiger charge is 2.21. The minimum atomic E-state index is -1.56. The normalized spacial score (nSPS) is 10.5. The SMILES string of the molecule is Nc1c(F)ccc(Oc2cc(Br)cc(F)c2F)c1C(=O)O. The number of aromatic carboxylic acids is 1. The highest BCUT2D eigenvalue weighted by atomic mass is 79.9. The summed E-state index contributed by atoms with van der Waals surface area (Å²) in [5.41, 5.74) is 3.99. The molecule has 2 aromatic rings. The Morgan fingerprint density at radius 1 is 1.14 bits per heavy atom. The second kappa shape index (κ2) is 5.65. The molecule has 3 N–H and O–H groups in total. The number of carboxylic acid groups (broad SMARTS) is 1. The summed E-state index contributed by atoms with van der Waals surface area (Å²) in [6.07, 6.45) is 0. The van der Waals surface area contributed by atoms with Crippen LogP contribution in [0.1, 0.15) is 10.4 Å². The summed E-state index contributed by atoms with van der Waals surface area (Å²) in [5.74, 6) is -5.98. The molecule has 0 aliphatic carbocycles. The van der Waals surface area contributed by atoms with Gasteiger partial charge in [-0.15, -0.1) is 0 Å². The summed E-state index contributed by atoms with van der Waals surface area (Å²) in [5, 5.41) is 9.02.